The summed E-state index contributed by atoms with van der Waals surface area (Å²) in [6.07, 6.45) is 1.03. The summed E-state index contributed by atoms with van der Waals surface area (Å²) < 4.78 is 13.4. The molecule has 1 aromatic rings. The highest BCUT2D eigenvalue weighted by atomic mass is 127. The van der Waals surface area contributed by atoms with E-state index in [2.05, 4.69) is 32.4 Å². The molecule has 0 aromatic heterocycles. The van der Waals surface area contributed by atoms with Gasteiger partial charge in [0, 0.05) is 37.7 Å². The summed E-state index contributed by atoms with van der Waals surface area (Å²) in [5.41, 5.74) is 1.11. The van der Waals surface area contributed by atoms with E-state index in [0.29, 0.717) is 9.93 Å². The van der Waals surface area contributed by atoms with E-state index in [4.69, 9.17) is 11.6 Å². The Morgan fingerprint density at radius 3 is 2.33 bits per heavy atom. The van der Waals surface area contributed by atoms with Crippen LogP contribution >= 0.6 is 34.2 Å². The fraction of sp³-hybridized carbons (Fsp3) is 0.538. The van der Waals surface area contributed by atoms with Gasteiger partial charge in [0.2, 0.25) is 0 Å². The number of alkyl halides is 2. The van der Waals surface area contributed by atoms with Gasteiger partial charge in [-0.2, -0.15) is 0 Å². The van der Waals surface area contributed by atoms with Crippen molar-refractivity contribution < 1.29 is 4.39 Å². The maximum absolute atomic E-state index is 12.9. The Morgan fingerprint density at radius 1 is 1.17 bits per heavy atom. The summed E-state index contributed by atoms with van der Waals surface area (Å²) >= 11 is 8.24. The molecule has 0 spiro atoms. The van der Waals surface area contributed by atoms with E-state index in [1.54, 1.807) is 0 Å². The number of halogens is 3. The Hall–Kier alpha value is -0.0700. The molecule has 1 aliphatic rings. The summed E-state index contributed by atoms with van der Waals surface area (Å²) in [7, 11) is 0. The largest absolute Gasteiger partial charge is 0.369 e. The van der Waals surface area contributed by atoms with Gasteiger partial charge in [0.25, 0.3) is 0 Å². The Bertz CT molecular complexity index is 366. The van der Waals surface area contributed by atoms with Crippen LogP contribution in [0.4, 0.5) is 10.1 Å². The Balaban J connectivity index is 1.88. The van der Waals surface area contributed by atoms with Crippen LogP contribution in [0.2, 0.25) is 0 Å². The smallest absolute Gasteiger partial charge is 0.123 e. The average Bonchev–Trinajstić information content (AvgIpc) is 2.40. The lowest BCUT2D eigenvalue weighted by atomic mass is 10.2. The van der Waals surface area contributed by atoms with Gasteiger partial charge in [-0.25, -0.2) is 4.39 Å². The lowest BCUT2D eigenvalue weighted by Crippen LogP contribution is -2.48. The minimum Gasteiger partial charge on any atom is -0.369 e. The van der Waals surface area contributed by atoms with Crippen LogP contribution < -0.4 is 4.90 Å². The lowest BCUT2D eigenvalue weighted by molar-refractivity contribution is 0.247. The van der Waals surface area contributed by atoms with E-state index in [0.717, 1.165) is 38.3 Å². The molecule has 1 fully saturated rings. The molecule has 0 N–H and O–H groups in total. The van der Waals surface area contributed by atoms with Crippen molar-refractivity contribution in [2.75, 3.05) is 37.0 Å². The van der Waals surface area contributed by atoms with Crippen molar-refractivity contribution in [3.63, 3.8) is 0 Å². The van der Waals surface area contributed by atoms with E-state index in [1.165, 1.54) is 12.1 Å². The average molecular weight is 383 g/mol. The molecule has 0 bridgehead atoms. The van der Waals surface area contributed by atoms with Gasteiger partial charge in [-0.1, -0.05) is 22.6 Å². The van der Waals surface area contributed by atoms with Gasteiger partial charge >= 0.3 is 0 Å². The minimum absolute atomic E-state index is 0.174. The zero-order valence-electron chi connectivity index (χ0n) is 10.2. The molecule has 2 nitrogen and oxygen atoms in total. The van der Waals surface area contributed by atoms with Crippen molar-refractivity contribution in [3.05, 3.63) is 30.1 Å². The summed E-state index contributed by atoms with van der Waals surface area (Å²) in [6.45, 7) is 4.07. The summed E-state index contributed by atoms with van der Waals surface area (Å²) in [4.78, 5) is 4.77. The zero-order chi connectivity index (χ0) is 13.0. The molecular formula is C13H17ClFIN2. The molecule has 1 unspecified atom stereocenters. The molecule has 0 amide bonds. The molecule has 0 saturated carbocycles. The van der Waals surface area contributed by atoms with E-state index in [1.807, 2.05) is 12.1 Å². The quantitative estimate of drug-likeness (QED) is 0.448. The third kappa shape index (κ3) is 3.71. The Labute approximate surface area is 126 Å². The molecule has 18 heavy (non-hydrogen) atoms. The maximum atomic E-state index is 12.9. The first-order valence-corrected chi connectivity index (χ1v) is 7.93. The van der Waals surface area contributed by atoms with Crippen molar-refractivity contribution in [1.29, 1.82) is 0 Å². The van der Waals surface area contributed by atoms with Crippen molar-refractivity contribution in [1.82, 2.24) is 4.90 Å². The van der Waals surface area contributed by atoms with E-state index >= 15 is 0 Å². The Morgan fingerprint density at radius 2 is 1.78 bits per heavy atom. The van der Waals surface area contributed by atoms with Gasteiger partial charge in [-0.3, -0.25) is 4.90 Å². The third-order valence-electron chi connectivity index (χ3n) is 3.25. The number of anilines is 1. The van der Waals surface area contributed by atoms with E-state index in [9.17, 15) is 4.39 Å². The lowest BCUT2D eigenvalue weighted by Gasteiger charge is -2.38. The Kier molecular flexibility index (Phi) is 5.51. The molecule has 2 rings (SSSR count). The maximum Gasteiger partial charge on any atom is 0.123 e. The zero-order valence-corrected chi connectivity index (χ0v) is 13.1. The van der Waals surface area contributed by atoms with Crippen LogP contribution in [-0.4, -0.2) is 41.0 Å². The number of rotatable bonds is 4. The van der Waals surface area contributed by atoms with Gasteiger partial charge < -0.3 is 4.90 Å². The molecule has 1 heterocycles. The minimum atomic E-state index is -0.174. The van der Waals surface area contributed by atoms with Crippen molar-refractivity contribution >= 4 is 39.9 Å². The SMILES string of the molecule is Fc1ccc(N2CCN(C(I)CCCl)CC2)cc1. The number of nitrogens with zero attached hydrogens (tertiary/aromatic N) is 2. The topological polar surface area (TPSA) is 6.48 Å². The van der Waals surface area contributed by atoms with Gasteiger partial charge in [0.1, 0.15) is 5.82 Å². The predicted molar refractivity (Wildman–Crippen MR) is 83.3 cm³/mol. The van der Waals surface area contributed by atoms with Crippen molar-refractivity contribution in [3.8, 4) is 0 Å². The first-order valence-electron chi connectivity index (χ1n) is 6.15. The van der Waals surface area contributed by atoms with Crippen molar-refractivity contribution in [2.24, 2.45) is 0 Å². The van der Waals surface area contributed by atoms with Gasteiger partial charge in [-0.05, 0) is 30.7 Å². The van der Waals surface area contributed by atoms with Crippen LogP contribution in [-0.2, 0) is 0 Å². The van der Waals surface area contributed by atoms with Crippen LogP contribution in [0.25, 0.3) is 0 Å². The molecule has 1 atom stereocenters. The van der Waals surface area contributed by atoms with Gasteiger partial charge in [0.05, 0.1) is 4.05 Å². The standard InChI is InChI=1S/C13H17ClFIN2/c14-6-5-13(16)18-9-7-17(8-10-18)12-3-1-11(15)2-4-12/h1-4,13H,5-10H2. The highest BCUT2D eigenvalue weighted by molar-refractivity contribution is 14.1. The van der Waals surface area contributed by atoms with Crippen LogP contribution in [0.3, 0.4) is 0 Å². The van der Waals surface area contributed by atoms with Gasteiger partial charge in [-0.15, -0.1) is 11.6 Å². The van der Waals surface area contributed by atoms with E-state index in [-0.39, 0.29) is 5.82 Å². The monoisotopic (exact) mass is 382 g/mol. The second kappa shape index (κ2) is 6.91. The van der Waals surface area contributed by atoms with Gasteiger partial charge in [0.15, 0.2) is 0 Å². The molecule has 5 heteroatoms. The third-order valence-corrected chi connectivity index (χ3v) is 4.88. The summed E-state index contributed by atoms with van der Waals surface area (Å²) in [6, 6.07) is 6.75. The number of piperazine rings is 1. The van der Waals surface area contributed by atoms with Crippen LogP contribution in [0.15, 0.2) is 24.3 Å². The summed E-state index contributed by atoms with van der Waals surface area (Å²) in [5, 5.41) is 0. The molecule has 1 aromatic carbocycles. The highest BCUT2D eigenvalue weighted by Gasteiger charge is 2.21. The first-order chi connectivity index (χ1) is 8.70. The molecule has 0 aliphatic carbocycles. The number of benzene rings is 1. The van der Waals surface area contributed by atoms with Crippen LogP contribution in [0, 0.1) is 5.82 Å². The highest BCUT2D eigenvalue weighted by Crippen LogP contribution is 2.20. The molecular weight excluding hydrogens is 366 g/mol. The molecule has 1 saturated heterocycles. The molecule has 100 valence electrons. The molecule has 1 aliphatic heterocycles. The van der Waals surface area contributed by atoms with Crippen LogP contribution in [0.1, 0.15) is 6.42 Å². The number of hydrogen-bond donors (Lipinski definition) is 0. The fourth-order valence-corrected chi connectivity index (χ4v) is 3.63. The predicted octanol–water partition coefficient (Wildman–Crippen LogP) is 3.34. The summed E-state index contributed by atoms with van der Waals surface area (Å²) in [5.74, 6) is 0.540. The first kappa shape index (κ1) is 14.3. The number of hydrogen-bond acceptors (Lipinski definition) is 2. The second-order valence-electron chi connectivity index (χ2n) is 4.41. The molecule has 0 radical (unpaired) electrons. The second-order valence-corrected chi connectivity index (χ2v) is 6.23. The van der Waals surface area contributed by atoms with E-state index < -0.39 is 0 Å². The van der Waals surface area contributed by atoms with Crippen molar-refractivity contribution in [2.45, 2.75) is 10.5 Å². The fourth-order valence-electron chi connectivity index (χ4n) is 2.18. The normalized spacial score (nSPS) is 18.9. The van der Waals surface area contributed by atoms with Crippen LogP contribution in [0.5, 0.6) is 0 Å².